The molecule has 0 aliphatic heterocycles. The Morgan fingerprint density at radius 2 is 0.811 bits per heavy atom. The Labute approximate surface area is 232 Å². The van der Waals surface area contributed by atoms with Gasteiger partial charge in [-0.2, -0.15) is 0 Å². The second-order valence-corrected chi connectivity index (χ2v) is 7.97. The first-order valence-electron chi connectivity index (χ1n) is 12.5. The summed E-state index contributed by atoms with van der Waals surface area (Å²) in [4.78, 5) is 70.5. The van der Waals surface area contributed by atoms with Gasteiger partial charge in [-0.05, 0) is 51.6 Å². The summed E-state index contributed by atoms with van der Waals surface area (Å²) in [5.74, 6) is -4.72. The molecule has 0 radical (unpaired) electrons. The summed E-state index contributed by atoms with van der Waals surface area (Å²) in [7, 11) is 0. The van der Waals surface area contributed by atoms with Gasteiger partial charge >= 0.3 is 19.5 Å². The molecule has 0 aliphatic rings. The number of hydrogen-bond acceptors (Lipinski definition) is 10. The minimum Gasteiger partial charge on any atom is -0.548 e. The summed E-state index contributed by atoms with van der Waals surface area (Å²) in [6.07, 6.45) is 3.13. The van der Waals surface area contributed by atoms with E-state index in [1.807, 2.05) is 0 Å². The van der Waals surface area contributed by atoms with Crippen molar-refractivity contribution in [2.75, 3.05) is 13.1 Å². The van der Waals surface area contributed by atoms with E-state index in [0.29, 0.717) is 38.8 Å². The predicted octanol–water partition coefficient (Wildman–Crippen LogP) is -1.18. The largest absolute Gasteiger partial charge is 2.00 e. The molecule has 4 amide bonds. The third-order valence-corrected chi connectivity index (χ3v) is 5.32. The van der Waals surface area contributed by atoms with Crippen LogP contribution in [0.25, 0.3) is 0 Å². The van der Waals surface area contributed by atoms with Gasteiger partial charge < -0.3 is 31.3 Å². The van der Waals surface area contributed by atoms with Gasteiger partial charge in [-0.15, -0.1) is 0 Å². The monoisotopic (exact) mass is 578 g/mol. The maximum absolute atomic E-state index is 11.7. The number of amides is 4. The van der Waals surface area contributed by atoms with Crippen molar-refractivity contribution in [2.24, 2.45) is 11.5 Å². The van der Waals surface area contributed by atoms with E-state index >= 15 is 0 Å². The SMILES string of the molecule is CCC(=O)N(C(=O)CC)[C@@H](CCCCN)C(=O)[O-].CCC(=O)N(C(=O)CC)[C@@H](CCCCN)C(=O)[O-].[Zn+2]. The van der Waals surface area contributed by atoms with Crippen LogP contribution in [0.3, 0.4) is 0 Å². The quantitative estimate of drug-likeness (QED) is 0.165. The molecular weight excluding hydrogens is 538 g/mol. The maximum atomic E-state index is 11.7. The van der Waals surface area contributed by atoms with Gasteiger partial charge in [0.05, 0.1) is 24.0 Å². The average molecular weight is 580 g/mol. The molecule has 0 rings (SSSR count). The second-order valence-electron chi connectivity index (χ2n) is 7.97. The molecule has 0 aliphatic carbocycles. The Morgan fingerprint density at radius 1 is 0.568 bits per heavy atom. The molecule has 0 aromatic carbocycles. The van der Waals surface area contributed by atoms with Crippen molar-refractivity contribution in [1.29, 1.82) is 0 Å². The number of carboxylic acid groups (broad SMARTS) is 2. The first kappa shape index (κ1) is 39.3. The fraction of sp³-hybridized carbons (Fsp3) is 0.750. The first-order chi connectivity index (χ1) is 17.0. The van der Waals surface area contributed by atoms with E-state index in [4.69, 9.17) is 11.5 Å². The van der Waals surface area contributed by atoms with Gasteiger partial charge in [-0.3, -0.25) is 29.0 Å². The van der Waals surface area contributed by atoms with E-state index in [1.54, 1.807) is 27.7 Å². The molecule has 208 valence electrons. The van der Waals surface area contributed by atoms with Crippen molar-refractivity contribution in [3.63, 3.8) is 0 Å². The summed E-state index contributed by atoms with van der Waals surface area (Å²) in [6, 6.07) is -2.37. The molecule has 13 heteroatoms. The van der Waals surface area contributed by atoms with Crippen LogP contribution < -0.4 is 21.7 Å². The summed E-state index contributed by atoms with van der Waals surface area (Å²) < 4.78 is 0. The molecule has 2 atom stereocenters. The molecule has 0 aromatic heterocycles. The van der Waals surface area contributed by atoms with E-state index in [1.165, 1.54) is 0 Å². The summed E-state index contributed by atoms with van der Waals surface area (Å²) in [5.41, 5.74) is 10.7. The smallest absolute Gasteiger partial charge is 0.548 e. The summed E-state index contributed by atoms with van der Waals surface area (Å²) >= 11 is 0. The van der Waals surface area contributed by atoms with Gasteiger partial charge in [0.15, 0.2) is 0 Å². The van der Waals surface area contributed by atoms with Crippen molar-refractivity contribution < 1.29 is 58.5 Å². The third-order valence-electron chi connectivity index (χ3n) is 5.32. The van der Waals surface area contributed by atoms with Crippen molar-refractivity contribution in [2.45, 2.75) is 104 Å². The molecule has 37 heavy (non-hydrogen) atoms. The normalized spacial score (nSPS) is 11.6. The number of unbranched alkanes of at least 4 members (excludes halogenated alkanes) is 2. The standard InChI is InChI=1S/2C12H22N2O4.Zn/c2*1-3-10(15)14(11(16)4-2)9(12(17)18)7-5-6-8-13;/h2*9H,3-8,13H2,1-2H3,(H,17,18);/q;;+2/p-2/t2*9-;/m00./s1. The van der Waals surface area contributed by atoms with E-state index in [-0.39, 0.29) is 58.0 Å². The van der Waals surface area contributed by atoms with E-state index in [2.05, 4.69) is 0 Å². The number of nitrogens with two attached hydrogens (primary N) is 2. The van der Waals surface area contributed by atoms with Gasteiger partial charge in [-0.1, -0.05) is 27.7 Å². The molecular formula is C24H42N4O8Zn. The van der Waals surface area contributed by atoms with Crippen LogP contribution in [0.15, 0.2) is 0 Å². The Bertz CT molecular complexity index is 644. The van der Waals surface area contributed by atoms with Crippen LogP contribution >= 0.6 is 0 Å². The summed E-state index contributed by atoms with van der Waals surface area (Å²) in [6.45, 7) is 7.25. The Morgan fingerprint density at radius 3 is 0.973 bits per heavy atom. The predicted molar refractivity (Wildman–Crippen MR) is 128 cm³/mol. The number of imide groups is 2. The fourth-order valence-corrected chi connectivity index (χ4v) is 3.32. The number of nitrogens with zero attached hydrogens (tertiary/aromatic N) is 2. The molecule has 0 unspecified atom stereocenters. The third kappa shape index (κ3) is 14.9. The first-order valence-corrected chi connectivity index (χ1v) is 12.5. The molecule has 4 N–H and O–H groups in total. The fourth-order valence-electron chi connectivity index (χ4n) is 3.32. The zero-order valence-corrected chi connectivity index (χ0v) is 25.6. The molecule has 0 bridgehead atoms. The van der Waals surface area contributed by atoms with Crippen LogP contribution in [0, 0.1) is 0 Å². The molecule has 0 spiro atoms. The Balaban J connectivity index is -0.000000608. The molecule has 12 nitrogen and oxygen atoms in total. The van der Waals surface area contributed by atoms with Crippen molar-refractivity contribution in [1.82, 2.24) is 9.80 Å². The molecule has 0 saturated heterocycles. The zero-order valence-electron chi connectivity index (χ0n) is 22.7. The number of carboxylic acids is 2. The topological polar surface area (TPSA) is 207 Å². The van der Waals surface area contributed by atoms with E-state index < -0.39 is 47.7 Å². The van der Waals surface area contributed by atoms with E-state index in [0.717, 1.165) is 9.80 Å². The number of carbonyl (C=O) groups is 6. The summed E-state index contributed by atoms with van der Waals surface area (Å²) in [5, 5.41) is 22.2. The van der Waals surface area contributed by atoms with Crippen LogP contribution in [-0.2, 0) is 48.2 Å². The van der Waals surface area contributed by atoms with Gasteiger partial charge in [0.2, 0.25) is 23.6 Å². The van der Waals surface area contributed by atoms with Crippen LogP contribution in [0.2, 0.25) is 0 Å². The maximum Gasteiger partial charge on any atom is 2.00 e. The van der Waals surface area contributed by atoms with E-state index in [9.17, 15) is 39.0 Å². The van der Waals surface area contributed by atoms with Gasteiger partial charge in [-0.25, -0.2) is 0 Å². The van der Waals surface area contributed by atoms with Crippen LogP contribution in [0.5, 0.6) is 0 Å². The van der Waals surface area contributed by atoms with Gasteiger partial charge in [0, 0.05) is 25.7 Å². The number of aliphatic carboxylic acids is 2. The average Bonchev–Trinajstić information content (AvgIpc) is 2.86. The minimum absolute atomic E-state index is 0. The Hall–Kier alpha value is -2.24. The molecule has 0 fully saturated rings. The molecule has 0 heterocycles. The van der Waals surface area contributed by atoms with Crippen LogP contribution in [0.1, 0.15) is 91.9 Å². The van der Waals surface area contributed by atoms with Crippen molar-refractivity contribution >= 4 is 35.6 Å². The molecule has 0 aromatic rings. The minimum atomic E-state index is -1.39. The number of rotatable bonds is 16. The van der Waals surface area contributed by atoms with Crippen LogP contribution in [0.4, 0.5) is 0 Å². The molecule has 0 saturated carbocycles. The van der Waals surface area contributed by atoms with Crippen LogP contribution in [-0.4, -0.2) is 70.5 Å². The van der Waals surface area contributed by atoms with Crippen molar-refractivity contribution in [3.05, 3.63) is 0 Å². The van der Waals surface area contributed by atoms with Gasteiger partial charge in [0.25, 0.3) is 0 Å². The van der Waals surface area contributed by atoms with Crippen molar-refractivity contribution in [3.8, 4) is 0 Å². The Kier molecular flexibility index (Phi) is 24.3. The van der Waals surface area contributed by atoms with Gasteiger partial charge in [0.1, 0.15) is 0 Å². The zero-order chi connectivity index (χ0) is 28.3. The second kappa shape index (κ2) is 22.9. The number of hydrogen-bond donors (Lipinski definition) is 2. The number of carbonyl (C=O) groups excluding carboxylic acids is 6.